The summed E-state index contributed by atoms with van der Waals surface area (Å²) < 4.78 is 16.3. The predicted molar refractivity (Wildman–Crippen MR) is 111 cm³/mol. The molecule has 3 aromatic heterocycles. The number of rotatable bonds is 6. The van der Waals surface area contributed by atoms with Crippen molar-refractivity contribution in [2.24, 2.45) is 0 Å². The smallest absolute Gasteiger partial charge is 0.230 e. The lowest BCUT2D eigenvalue weighted by atomic mass is 10.1. The van der Waals surface area contributed by atoms with Gasteiger partial charge in [0.05, 0.1) is 25.2 Å². The van der Waals surface area contributed by atoms with Gasteiger partial charge in [-0.25, -0.2) is 4.98 Å². The van der Waals surface area contributed by atoms with Crippen LogP contribution in [0.4, 0.5) is 5.82 Å². The highest BCUT2D eigenvalue weighted by atomic mass is 16.5. The van der Waals surface area contributed by atoms with Crippen LogP contribution in [0.15, 0.2) is 53.3 Å². The van der Waals surface area contributed by atoms with Gasteiger partial charge < -0.3 is 19.3 Å². The van der Waals surface area contributed by atoms with Gasteiger partial charge in [0.2, 0.25) is 11.8 Å². The van der Waals surface area contributed by atoms with Crippen LogP contribution in [-0.4, -0.2) is 28.1 Å². The predicted octanol–water partition coefficient (Wildman–Crippen LogP) is 4.22. The number of anilines is 1. The largest absolute Gasteiger partial charge is 0.481 e. The zero-order valence-electron chi connectivity index (χ0n) is 16.8. The molecule has 1 amide bonds. The number of ether oxygens (including phenoxy) is 2. The lowest BCUT2D eigenvalue weighted by Crippen LogP contribution is -2.15. The van der Waals surface area contributed by atoms with E-state index < -0.39 is 0 Å². The van der Waals surface area contributed by atoms with Crippen LogP contribution in [0.5, 0.6) is 17.4 Å². The third-order valence-electron chi connectivity index (χ3n) is 4.70. The maximum Gasteiger partial charge on any atom is 0.230 e. The van der Waals surface area contributed by atoms with Gasteiger partial charge in [-0.05, 0) is 37.6 Å². The standard InChI is InChI=1S/C22H20N4O4/c1-13-14(2)30-26-22(13)25-20(27)10-15-4-6-16(7-5-15)29-19-8-9-23-18-12-24-21(28-3)11-17(18)19/h4-9,11-12H,10H2,1-3H3,(H,25,26,27). The molecule has 152 valence electrons. The van der Waals surface area contributed by atoms with Crippen LogP contribution in [0, 0.1) is 13.8 Å². The van der Waals surface area contributed by atoms with Gasteiger partial charge >= 0.3 is 0 Å². The molecule has 0 fully saturated rings. The molecule has 0 aliphatic rings. The van der Waals surface area contributed by atoms with Crippen LogP contribution < -0.4 is 14.8 Å². The number of fused-ring (bicyclic) bond motifs is 1. The zero-order valence-corrected chi connectivity index (χ0v) is 16.8. The van der Waals surface area contributed by atoms with Crippen LogP contribution in [0.2, 0.25) is 0 Å². The monoisotopic (exact) mass is 404 g/mol. The van der Waals surface area contributed by atoms with Crippen molar-refractivity contribution >= 4 is 22.6 Å². The summed E-state index contributed by atoms with van der Waals surface area (Å²) in [5.41, 5.74) is 2.38. The van der Waals surface area contributed by atoms with Crippen LogP contribution >= 0.6 is 0 Å². The van der Waals surface area contributed by atoms with Crippen molar-refractivity contribution in [3.63, 3.8) is 0 Å². The number of hydrogen-bond acceptors (Lipinski definition) is 7. The molecule has 4 rings (SSSR count). The van der Waals surface area contributed by atoms with E-state index in [4.69, 9.17) is 14.0 Å². The SMILES string of the molecule is COc1cc2c(Oc3ccc(CC(=O)Nc4noc(C)c4C)cc3)ccnc2cn1. The number of carbonyl (C=O) groups is 1. The Morgan fingerprint density at radius 1 is 1.13 bits per heavy atom. The first-order valence-corrected chi connectivity index (χ1v) is 9.32. The molecule has 0 saturated carbocycles. The number of nitrogens with zero attached hydrogens (tertiary/aromatic N) is 3. The summed E-state index contributed by atoms with van der Waals surface area (Å²) in [5.74, 6) is 2.74. The van der Waals surface area contributed by atoms with Gasteiger partial charge in [-0.2, -0.15) is 0 Å². The minimum atomic E-state index is -0.167. The van der Waals surface area contributed by atoms with E-state index in [2.05, 4.69) is 20.4 Å². The van der Waals surface area contributed by atoms with E-state index in [-0.39, 0.29) is 12.3 Å². The lowest BCUT2D eigenvalue weighted by Gasteiger charge is -2.10. The molecule has 0 bridgehead atoms. The van der Waals surface area contributed by atoms with E-state index in [0.29, 0.717) is 34.5 Å². The number of benzene rings is 1. The maximum absolute atomic E-state index is 12.3. The van der Waals surface area contributed by atoms with E-state index in [0.717, 1.165) is 16.5 Å². The van der Waals surface area contributed by atoms with Crippen molar-refractivity contribution in [3.8, 4) is 17.4 Å². The molecule has 0 radical (unpaired) electrons. The third-order valence-corrected chi connectivity index (χ3v) is 4.70. The fraction of sp³-hybridized carbons (Fsp3) is 0.182. The quantitative estimate of drug-likeness (QED) is 0.514. The van der Waals surface area contributed by atoms with Crippen molar-refractivity contribution in [1.82, 2.24) is 15.1 Å². The highest BCUT2D eigenvalue weighted by molar-refractivity contribution is 5.92. The van der Waals surface area contributed by atoms with Crippen LogP contribution in [-0.2, 0) is 11.2 Å². The average Bonchev–Trinajstić information content (AvgIpc) is 3.07. The highest BCUT2D eigenvalue weighted by Gasteiger charge is 2.12. The first-order chi connectivity index (χ1) is 14.5. The van der Waals surface area contributed by atoms with Crippen molar-refractivity contribution in [3.05, 3.63) is 65.7 Å². The normalized spacial score (nSPS) is 10.8. The number of nitrogens with one attached hydrogen (secondary N) is 1. The topological polar surface area (TPSA) is 99.4 Å². The second-order valence-corrected chi connectivity index (χ2v) is 6.74. The summed E-state index contributed by atoms with van der Waals surface area (Å²) in [4.78, 5) is 20.7. The Bertz CT molecular complexity index is 1200. The second kappa shape index (κ2) is 8.20. The maximum atomic E-state index is 12.3. The summed E-state index contributed by atoms with van der Waals surface area (Å²) in [5, 5.41) is 7.41. The van der Waals surface area contributed by atoms with Gasteiger partial charge in [-0.1, -0.05) is 17.3 Å². The van der Waals surface area contributed by atoms with Crippen molar-refractivity contribution in [2.75, 3.05) is 12.4 Å². The number of aryl methyl sites for hydroxylation is 1. The Labute approximate surface area is 172 Å². The highest BCUT2D eigenvalue weighted by Crippen LogP contribution is 2.30. The van der Waals surface area contributed by atoms with Crippen molar-refractivity contribution < 1.29 is 18.8 Å². The van der Waals surface area contributed by atoms with Gasteiger partial charge in [0.1, 0.15) is 17.3 Å². The van der Waals surface area contributed by atoms with Gasteiger partial charge in [-0.3, -0.25) is 9.78 Å². The van der Waals surface area contributed by atoms with Crippen molar-refractivity contribution in [1.29, 1.82) is 0 Å². The number of carbonyl (C=O) groups excluding carboxylic acids is 1. The van der Waals surface area contributed by atoms with Gasteiger partial charge in [0.25, 0.3) is 0 Å². The fourth-order valence-electron chi connectivity index (χ4n) is 2.90. The summed E-state index contributed by atoms with van der Waals surface area (Å²) in [6.07, 6.45) is 3.52. The minimum absolute atomic E-state index is 0.167. The Hall–Kier alpha value is -3.94. The summed E-state index contributed by atoms with van der Waals surface area (Å²) >= 11 is 0. The van der Waals surface area contributed by atoms with E-state index >= 15 is 0 Å². The molecule has 4 aromatic rings. The van der Waals surface area contributed by atoms with E-state index in [1.807, 2.05) is 31.2 Å². The zero-order chi connectivity index (χ0) is 21.1. The molecule has 8 heteroatoms. The number of hydrogen-bond donors (Lipinski definition) is 1. The third kappa shape index (κ3) is 4.07. The summed E-state index contributed by atoms with van der Waals surface area (Å²) in [6, 6.07) is 10.9. The molecule has 0 spiro atoms. The second-order valence-electron chi connectivity index (χ2n) is 6.74. The molecule has 0 aliphatic heterocycles. The Morgan fingerprint density at radius 3 is 2.63 bits per heavy atom. The molecule has 1 N–H and O–H groups in total. The lowest BCUT2D eigenvalue weighted by molar-refractivity contribution is -0.115. The van der Waals surface area contributed by atoms with Gasteiger partial charge in [0.15, 0.2) is 5.82 Å². The Kier molecular flexibility index (Phi) is 5.30. The fourth-order valence-corrected chi connectivity index (χ4v) is 2.90. The van der Waals surface area contributed by atoms with Gasteiger partial charge in [0, 0.05) is 23.2 Å². The molecular weight excluding hydrogens is 384 g/mol. The Balaban J connectivity index is 1.46. The molecule has 0 aliphatic carbocycles. The summed E-state index contributed by atoms with van der Waals surface area (Å²) in [7, 11) is 1.56. The Morgan fingerprint density at radius 2 is 1.93 bits per heavy atom. The number of aromatic nitrogens is 3. The van der Waals surface area contributed by atoms with Crippen LogP contribution in [0.3, 0.4) is 0 Å². The molecule has 1 aromatic carbocycles. The minimum Gasteiger partial charge on any atom is -0.481 e. The number of methoxy groups -OCH3 is 1. The number of pyridine rings is 2. The van der Waals surface area contributed by atoms with E-state index in [9.17, 15) is 4.79 Å². The van der Waals surface area contributed by atoms with Crippen LogP contribution in [0.1, 0.15) is 16.9 Å². The molecule has 0 unspecified atom stereocenters. The first-order valence-electron chi connectivity index (χ1n) is 9.32. The van der Waals surface area contributed by atoms with Gasteiger partial charge in [-0.15, -0.1) is 0 Å². The van der Waals surface area contributed by atoms with E-state index in [1.54, 1.807) is 38.6 Å². The molecule has 0 saturated heterocycles. The first kappa shape index (κ1) is 19.4. The molecule has 30 heavy (non-hydrogen) atoms. The average molecular weight is 404 g/mol. The molecule has 0 atom stereocenters. The molecule has 3 heterocycles. The summed E-state index contributed by atoms with van der Waals surface area (Å²) in [6.45, 7) is 3.65. The van der Waals surface area contributed by atoms with Crippen molar-refractivity contribution in [2.45, 2.75) is 20.3 Å². The van der Waals surface area contributed by atoms with Crippen LogP contribution in [0.25, 0.3) is 10.9 Å². The molecule has 8 nitrogen and oxygen atoms in total. The van der Waals surface area contributed by atoms with E-state index in [1.165, 1.54) is 0 Å². The number of amides is 1. The molecular formula is C22H20N4O4.